The third-order valence-electron chi connectivity index (χ3n) is 3.40. The molecule has 0 spiro atoms. The van der Waals surface area contributed by atoms with Crippen molar-refractivity contribution in [3.63, 3.8) is 0 Å². The van der Waals surface area contributed by atoms with Gasteiger partial charge in [-0.15, -0.1) is 0 Å². The fourth-order valence-corrected chi connectivity index (χ4v) is 2.25. The van der Waals surface area contributed by atoms with Gasteiger partial charge < -0.3 is 15.5 Å². The molecule has 0 bridgehead atoms. The van der Waals surface area contributed by atoms with Gasteiger partial charge in [-0.3, -0.25) is 9.79 Å². The Morgan fingerprint density at radius 1 is 1.25 bits per heavy atom. The first-order valence-electron chi connectivity index (χ1n) is 7.68. The van der Waals surface area contributed by atoms with Crippen LogP contribution in [0, 0.1) is 0 Å². The van der Waals surface area contributed by atoms with Gasteiger partial charge in [0.05, 0.1) is 6.54 Å². The van der Waals surface area contributed by atoms with Crippen LogP contribution in [0.2, 0.25) is 0 Å². The number of rotatable bonds is 7. The van der Waals surface area contributed by atoms with Crippen LogP contribution in [0.1, 0.15) is 40.0 Å². The summed E-state index contributed by atoms with van der Waals surface area (Å²) in [5.41, 5.74) is 0. The van der Waals surface area contributed by atoms with E-state index in [1.54, 1.807) is 0 Å². The molecular formula is C15H28N4O. The summed E-state index contributed by atoms with van der Waals surface area (Å²) in [6.07, 6.45) is 6.93. The molecule has 1 rings (SSSR count). The fraction of sp³-hybridized carbons (Fsp3) is 0.733. The Hall–Kier alpha value is -1.52. The van der Waals surface area contributed by atoms with Gasteiger partial charge in [-0.25, -0.2) is 0 Å². The van der Waals surface area contributed by atoms with Crippen LogP contribution in [-0.4, -0.2) is 49.0 Å². The summed E-state index contributed by atoms with van der Waals surface area (Å²) >= 11 is 0. The zero-order chi connectivity index (χ0) is 14.8. The van der Waals surface area contributed by atoms with Crippen LogP contribution < -0.4 is 10.6 Å². The second-order valence-electron chi connectivity index (χ2n) is 4.86. The zero-order valence-electron chi connectivity index (χ0n) is 13.0. The summed E-state index contributed by atoms with van der Waals surface area (Å²) in [6.45, 7) is 8.95. The van der Waals surface area contributed by atoms with Crippen LogP contribution in [0.4, 0.5) is 0 Å². The molecule has 1 aliphatic carbocycles. The van der Waals surface area contributed by atoms with Gasteiger partial charge in [0.25, 0.3) is 0 Å². The number of hydrogen-bond acceptors (Lipinski definition) is 2. The third-order valence-corrected chi connectivity index (χ3v) is 3.40. The zero-order valence-corrected chi connectivity index (χ0v) is 13.0. The van der Waals surface area contributed by atoms with Crippen molar-refractivity contribution in [1.29, 1.82) is 0 Å². The van der Waals surface area contributed by atoms with E-state index >= 15 is 0 Å². The molecule has 0 aromatic rings. The van der Waals surface area contributed by atoms with E-state index in [2.05, 4.69) is 27.8 Å². The van der Waals surface area contributed by atoms with E-state index in [1.165, 1.54) is 0 Å². The highest BCUT2D eigenvalue weighted by molar-refractivity contribution is 5.81. The lowest BCUT2D eigenvalue weighted by molar-refractivity contribution is -0.130. The molecule has 0 saturated heterocycles. The van der Waals surface area contributed by atoms with Crippen molar-refractivity contribution in [1.82, 2.24) is 15.5 Å². The van der Waals surface area contributed by atoms with Crippen molar-refractivity contribution in [2.45, 2.75) is 46.1 Å². The van der Waals surface area contributed by atoms with Crippen LogP contribution in [0.25, 0.3) is 0 Å². The number of amides is 1. The number of carbonyl (C=O) groups is 1. The largest absolute Gasteiger partial charge is 0.357 e. The minimum absolute atomic E-state index is 0.178. The topological polar surface area (TPSA) is 56.7 Å². The molecular weight excluding hydrogens is 252 g/mol. The lowest BCUT2D eigenvalue weighted by Gasteiger charge is -2.19. The van der Waals surface area contributed by atoms with Crippen LogP contribution in [0.15, 0.2) is 17.1 Å². The number of guanidine groups is 1. The molecule has 2 N–H and O–H groups in total. The minimum Gasteiger partial charge on any atom is -0.357 e. The Balaban J connectivity index is 2.39. The molecule has 0 radical (unpaired) electrons. The Morgan fingerprint density at radius 3 is 2.45 bits per heavy atom. The maximum atomic E-state index is 11.9. The average molecular weight is 280 g/mol. The number of carbonyl (C=O) groups excluding carboxylic acids is 1. The normalized spacial score (nSPS) is 15.4. The first kappa shape index (κ1) is 16.5. The van der Waals surface area contributed by atoms with E-state index in [-0.39, 0.29) is 5.91 Å². The van der Waals surface area contributed by atoms with Crippen molar-refractivity contribution in [3.05, 3.63) is 12.2 Å². The Bertz CT molecular complexity index is 340. The van der Waals surface area contributed by atoms with Gasteiger partial charge in [-0.05, 0) is 33.6 Å². The molecule has 0 unspecified atom stereocenters. The highest BCUT2D eigenvalue weighted by Crippen LogP contribution is 2.08. The molecule has 20 heavy (non-hydrogen) atoms. The number of nitrogens with one attached hydrogen (secondary N) is 2. The first-order chi connectivity index (χ1) is 9.71. The lowest BCUT2D eigenvalue weighted by atomic mass is 10.2. The Morgan fingerprint density at radius 2 is 1.90 bits per heavy atom. The summed E-state index contributed by atoms with van der Waals surface area (Å²) < 4.78 is 0. The van der Waals surface area contributed by atoms with E-state index < -0.39 is 0 Å². The number of hydrogen-bond donors (Lipinski definition) is 2. The molecule has 0 atom stereocenters. The van der Waals surface area contributed by atoms with Gasteiger partial charge in [0.1, 0.15) is 0 Å². The predicted octanol–water partition coefficient (Wildman–Crippen LogP) is 1.52. The summed E-state index contributed by atoms with van der Waals surface area (Å²) in [4.78, 5) is 18.2. The standard InChI is InChI=1S/C15H28N4O/c1-4-16-15(18-13-9-7-8-10-13)17-12-11-14(20)19(5-2)6-3/h7-8,13H,4-6,9-12H2,1-3H3,(H2,16,17,18). The fourth-order valence-electron chi connectivity index (χ4n) is 2.25. The molecule has 0 fully saturated rings. The SMILES string of the molecule is CCNC(=NCCC(=O)N(CC)CC)NC1CC=CC1. The molecule has 1 aliphatic rings. The van der Waals surface area contributed by atoms with Crippen molar-refractivity contribution in [2.75, 3.05) is 26.2 Å². The van der Waals surface area contributed by atoms with Gasteiger partial charge in [-0.2, -0.15) is 0 Å². The van der Waals surface area contributed by atoms with E-state index in [0.29, 0.717) is 19.0 Å². The summed E-state index contributed by atoms with van der Waals surface area (Å²) in [7, 11) is 0. The third kappa shape index (κ3) is 5.63. The number of aliphatic imine (C=N–C) groups is 1. The van der Waals surface area contributed by atoms with Crippen LogP contribution in [-0.2, 0) is 4.79 Å². The van der Waals surface area contributed by atoms with Crippen LogP contribution in [0.3, 0.4) is 0 Å². The molecule has 0 heterocycles. The minimum atomic E-state index is 0.178. The average Bonchev–Trinajstić information content (AvgIpc) is 2.93. The van der Waals surface area contributed by atoms with Crippen LogP contribution >= 0.6 is 0 Å². The van der Waals surface area contributed by atoms with Gasteiger partial charge in [-0.1, -0.05) is 12.2 Å². The van der Waals surface area contributed by atoms with Crippen LogP contribution in [0.5, 0.6) is 0 Å². The van der Waals surface area contributed by atoms with Crippen molar-refractivity contribution in [3.8, 4) is 0 Å². The molecule has 0 aromatic carbocycles. The van der Waals surface area contributed by atoms with E-state index in [0.717, 1.165) is 38.4 Å². The first-order valence-corrected chi connectivity index (χ1v) is 7.68. The van der Waals surface area contributed by atoms with E-state index in [4.69, 9.17) is 0 Å². The molecule has 0 aromatic heterocycles. The van der Waals surface area contributed by atoms with Crippen molar-refractivity contribution < 1.29 is 4.79 Å². The molecule has 5 nitrogen and oxygen atoms in total. The second-order valence-corrected chi connectivity index (χ2v) is 4.86. The van der Waals surface area contributed by atoms with Crippen molar-refractivity contribution >= 4 is 11.9 Å². The van der Waals surface area contributed by atoms with Crippen molar-refractivity contribution in [2.24, 2.45) is 4.99 Å². The molecule has 0 saturated carbocycles. The smallest absolute Gasteiger partial charge is 0.224 e. The molecule has 0 aliphatic heterocycles. The quantitative estimate of drug-likeness (QED) is 0.422. The van der Waals surface area contributed by atoms with Gasteiger partial charge in [0.2, 0.25) is 5.91 Å². The highest BCUT2D eigenvalue weighted by Gasteiger charge is 2.12. The molecule has 1 amide bonds. The van der Waals surface area contributed by atoms with E-state index in [1.807, 2.05) is 25.7 Å². The maximum absolute atomic E-state index is 11.9. The molecule has 114 valence electrons. The summed E-state index contributed by atoms with van der Waals surface area (Å²) in [5.74, 6) is 0.991. The van der Waals surface area contributed by atoms with Gasteiger partial charge >= 0.3 is 0 Å². The monoisotopic (exact) mass is 280 g/mol. The van der Waals surface area contributed by atoms with E-state index in [9.17, 15) is 4.79 Å². The predicted molar refractivity (Wildman–Crippen MR) is 83.8 cm³/mol. The highest BCUT2D eigenvalue weighted by atomic mass is 16.2. The summed E-state index contributed by atoms with van der Waals surface area (Å²) in [5, 5.41) is 6.63. The lowest BCUT2D eigenvalue weighted by Crippen LogP contribution is -2.42. The maximum Gasteiger partial charge on any atom is 0.224 e. The van der Waals surface area contributed by atoms with Gasteiger partial charge in [0, 0.05) is 32.1 Å². The molecule has 5 heteroatoms. The summed E-state index contributed by atoms with van der Waals surface area (Å²) in [6, 6.07) is 0.436. The Kier molecular flexibility index (Phi) is 7.77. The second kappa shape index (κ2) is 9.39. The Labute approximate surface area is 122 Å². The van der Waals surface area contributed by atoms with Gasteiger partial charge in [0.15, 0.2) is 5.96 Å². The number of nitrogens with zero attached hydrogens (tertiary/aromatic N) is 2.